The van der Waals surface area contributed by atoms with Gasteiger partial charge in [0.25, 0.3) is 5.91 Å². The van der Waals surface area contributed by atoms with Crippen molar-refractivity contribution in [3.05, 3.63) is 30.2 Å². The number of rotatable bonds is 2. The van der Waals surface area contributed by atoms with Crippen molar-refractivity contribution in [1.82, 2.24) is 14.7 Å². The average Bonchev–Trinajstić information content (AvgIpc) is 3.09. The molecule has 0 atom stereocenters. The highest BCUT2D eigenvalue weighted by atomic mass is 16.3. The Labute approximate surface area is 105 Å². The van der Waals surface area contributed by atoms with Crippen LogP contribution in [0.5, 0.6) is 0 Å². The zero-order chi connectivity index (χ0) is 12.5. The number of carbonyl (C=O) groups excluding carboxylic acids is 1. The van der Waals surface area contributed by atoms with Gasteiger partial charge < -0.3 is 9.32 Å². The molecule has 94 valence electrons. The van der Waals surface area contributed by atoms with Crippen LogP contribution in [0.25, 0.3) is 11.5 Å². The summed E-state index contributed by atoms with van der Waals surface area (Å²) in [4.78, 5) is 14.3. The summed E-state index contributed by atoms with van der Waals surface area (Å²) in [7, 11) is 1.81. The number of hydrogen-bond acceptors (Lipinski definition) is 3. The van der Waals surface area contributed by atoms with E-state index in [0.29, 0.717) is 17.0 Å². The molecule has 0 radical (unpaired) electrons. The third-order valence-electron chi connectivity index (χ3n) is 3.21. The van der Waals surface area contributed by atoms with Crippen LogP contribution in [-0.2, 0) is 7.05 Å². The Balaban J connectivity index is 1.98. The number of furan rings is 1. The van der Waals surface area contributed by atoms with Crippen molar-refractivity contribution < 1.29 is 9.21 Å². The number of amides is 1. The lowest BCUT2D eigenvalue weighted by Crippen LogP contribution is -2.27. The van der Waals surface area contributed by atoms with Crippen LogP contribution in [0.2, 0.25) is 0 Å². The Kier molecular flexibility index (Phi) is 2.66. The first-order valence-electron chi connectivity index (χ1n) is 6.12. The molecule has 0 aromatic carbocycles. The van der Waals surface area contributed by atoms with Crippen LogP contribution in [0, 0.1) is 0 Å². The molecule has 0 spiro atoms. The summed E-state index contributed by atoms with van der Waals surface area (Å²) in [5.41, 5.74) is 1.24. The molecule has 0 unspecified atom stereocenters. The first-order chi connectivity index (χ1) is 8.75. The summed E-state index contributed by atoms with van der Waals surface area (Å²) in [6, 6.07) is 3.62. The lowest BCUT2D eigenvalue weighted by molar-refractivity contribution is 0.0793. The fraction of sp³-hybridized carbons (Fsp3) is 0.385. The molecule has 18 heavy (non-hydrogen) atoms. The normalized spacial score (nSPS) is 15.3. The molecular formula is C13H15N3O2. The van der Waals surface area contributed by atoms with Crippen molar-refractivity contribution in [1.29, 1.82) is 0 Å². The summed E-state index contributed by atoms with van der Waals surface area (Å²) in [5, 5.41) is 4.32. The molecule has 3 heterocycles. The highest BCUT2D eigenvalue weighted by Gasteiger charge is 2.25. The molecule has 5 nitrogen and oxygen atoms in total. The van der Waals surface area contributed by atoms with Gasteiger partial charge in [-0.15, -0.1) is 0 Å². The minimum absolute atomic E-state index is 0.0481. The second-order valence-corrected chi connectivity index (χ2v) is 4.54. The van der Waals surface area contributed by atoms with Crippen molar-refractivity contribution in [2.75, 3.05) is 13.1 Å². The van der Waals surface area contributed by atoms with Gasteiger partial charge in [-0.3, -0.25) is 9.48 Å². The molecule has 1 amide bonds. The van der Waals surface area contributed by atoms with Gasteiger partial charge in [0.2, 0.25) is 0 Å². The van der Waals surface area contributed by atoms with Gasteiger partial charge >= 0.3 is 0 Å². The first kappa shape index (κ1) is 11.1. The number of carbonyl (C=O) groups is 1. The third-order valence-corrected chi connectivity index (χ3v) is 3.21. The van der Waals surface area contributed by atoms with Crippen LogP contribution in [-0.4, -0.2) is 33.7 Å². The van der Waals surface area contributed by atoms with E-state index < -0.39 is 0 Å². The Bertz CT molecular complexity index is 551. The van der Waals surface area contributed by atoms with Crippen LogP contribution >= 0.6 is 0 Å². The lowest BCUT2D eigenvalue weighted by atomic mass is 10.2. The van der Waals surface area contributed by atoms with E-state index in [1.807, 2.05) is 18.0 Å². The lowest BCUT2D eigenvalue weighted by Gasteiger charge is -2.14. The highest BCUT2D eigenvalue weighted by Crippen LogP contribution is 2.24. The summed E-state index contributed by atoms with van der Waals surface area (Å²) in [5.74, 6) is 0.685. The van der Waals surface area contributed by atoms with Crippen molar-refractivity contribution in [2.24, 2.45) is 7.05 Å². The summed E-state index contributed by atoms with van der Waals surface area (Å²) in [6.07, 6.45) is 5.52. The van der Waals surface area contributed by atoms with E-state index in [1.165, 1.54) is 0 Å². The predicted octanol–water partition coefficient (Wildman–Crippen LogP) is 1.92. The van der Waals surface area contributed by atoms with Gasteiger partial charge in [0, 0.05) is 26.3 Å². The number of likely N-dealkylation sites (tertiary alicyclic amines) is 1. The maximum atomic E-state index is 12.4. The van der Waals surface area contributed by atoms with Crippen molar-refractivity contribution in [2.45, 2.75) is 12.8 Å². The molecule has 2 aromatic rings. The molecule has 2 aromatic heterocycles. The predicted molar refractivity (Wildman–Crippen MR) is 66.0 cm³/mol. The van der Waals surface area contributed by atoms with Gasteiger partial charge in [0.1, 0.15) is 5.69 Å². The molecule has 3 rings (SSSR count). The van der Waals surface area contributed by atoms with E-state index in [2.05, 4.69) is 5.10 Å². The van der Waals surface area contributed by atoms with E-state index in [9.17, 15) is 4.79 Å². The van der Waals surface area contributed by atoms with Crippen molar-refractivity contribution in [3.63, 3.8) is 0 Å². The van der Waals surface area contributed by atoms with Crippen LogP contribution in [0.3, 0.4) is 0 Å². The third kappa shape index (κ3) is 1.81. The van der Waals surface area contributed by atoms with E-state index in [4.69, 9.17) is 4.42 Å². The van der Waals surface area contributed by atoms with Crippen LogP contribution in [0.4, 0.5) is 0 Å². The minimum Gasteiger partial charge on any atom is -0.463 e. The Morgan fingerprint density at radius 2 is 2.17 bits per heavy atom. The van der Waals surface area contributed by atoms with Gasteiger partial charge in [-0.05, 0) is 25.0 Å². The molecule has 5 heteroatoms. The quantitative estimate of drug-likeness (QED) is 0.812. The van der Waals surface area contributed by atoms with Crippen LogP contribution in [0.15, 0.2) is 29.0 Å². The molecular weight excluding hydrogens is 230 g/mol. The van der Waals surface area contributed by atoms with E-state index in [-0.39, 0.29) is 5.91 Å². The summed E-state index contributed by atoms with van der Waals surface area (Å²) < 4.78 is 6.99. The van der Waals surface area contributed by atoms with Gasteiger partial charge in [0.05, 0.1) is 11.8 Å². The standard InChI is InChI=1S/C13H15N3O2/c1-15-9-10(13(17)16-6-2-3-7-16)12(14-15)11-5-4-8-18-11/h4-5,8-9H,2-3,6-7H2,1H3. The zero-order valence-corrected chi connectivity index (χ0v) is 10.3. The van der Waals surface area contributed by atoms with Crippen molar-refractivity contribution >= 4 is 5.91 Å². The molecule has 0 N–H and O–H groups in total. The molecule has 0 bridgehead atoms. The molecule has 1 aliphatic rings. The van der Waals surface area contributed by atoms with Crippen LogP contribution in [0.1, 0.15) is 23.2 Å². The molecule has 1 fully saturated rings. The molecule has 0 aliphatic carbocycles. The van der Waals surface area contributed by atoms with Gasteiger partial charge in [-0.2, -0.15) is 5.10 Å². The number of hydrogen-bond donors (Lipinski definition) is 0. The fourth-order valence-corrected chi connectivity index (χ4v) is 2.33. The number of nitrogens with zero attached hydrogens (tertiary/aromatic N) is 3. The highest BCUT2D eigenvalue weighted by molar-refractivity contribution is 5.99. The minimum atomic E-state index is 0.0481. The Morgan fingerprint density at radius 3 is 2.83 bits per heavy atom. The smallest absolute Gasteiger partial charge is 0.257 e. The SMILES string of the molecule is Cn1cc(C(=O)N2CCCC2)c(-c2ccco2)n1. The summed E-state index contributed by atoms with van der Waals surface area (Å²) >= 11 is 0. The van der Waals surface area contributed by atoms with Gasteiger partial charge in [0.15, 0.2) is 5.76 Å². The molecule has 1 aliphatic heterocycles. The fourth-order valence-electron chi connectivity index (χ4n) is 2.33. The Hall–Kier alpha value is -2.04. The summed E-state index contributed by atoms with van der Waals surface area (Å²) in [6.45, 7) is 1.68. The van der Waals surface area contributed by atoms with Crippen molar-refractivity contribution in [3.8, 4) is 11.5 Å². The van der Waals surface area contributed by atoms with E-state index >= 15 is 0 Å². The second kappa shape index (κ2) is 4.33. The maximum absolute atomic E-state index is 12.4. The monoisotopic (exact) mass is 245 g/mol. The van der Waals surface area contributed by atoms with Gasteiger partial charge in [-0.1, -0.05) is 0 Å². The average molecular weight is 245 g/mol. The Morgan fingerprint density at radius 1 is 1.39 bits per heavy atom. The van der Waals surface area contributed by atoms with Crippen LogP contribution < -0.4 is 0 Å². The first-order valence-corrected chi connectivity index (χ1v) is 6.12. The van der Waals surface area contributed by atoms with Gasteiger partial charge in [-0.25, -0.2) is 0 Å². The number of aryl methyl sites for hydroxylation is 1. The largest absolute Gasteiger partial charge is 0.463 e. The molecule has 0 saturated carbocycles. The maximum Gasteiger partial charge on any atom is 0.257 e. The zero-order valence-electron chi connectivity index (χ0n) is 10.3. The van der Waals surface area contributed by atoms with E-state index in [0.717, 1.165) is 25.9 Å². The topological polar surface area (TPSA) is 51.3 Å². The molecule has 1 saturated heterocycles. The van der Waals surface area contributed by atoms with E-state index in [1.54, 1.807) is 23.2 Å². The number of aromatic nitrogens is 2. The second-order valence-electron chi connectivity index (χ2n) is 4.54.